The molecule has 0 unspecified atom stereocenters. The molecule has 10 heteroatoms. The first kappa shape index (κ1) is 20.8. The van der Waals surface area contributed by atoms with Crippen LogP contribution < -0.4 is 10.6 Å². The lowest BCUT2D eigenvalue weighted by atomic mass is 10.2. The van der Waals surface area contributed by atoms with Crippen LogP contribution in [0, 0.1) is 0 Å². The molecule has 1 aromatic rings. The number of hydrogen-bond acceptors (Lipinski definition) is 5. The van der Waals surface area contributed by atoms with E-state index in [-0.39, 0.29) is 18.7 Å². The lowest BCUT2D eigenvalue weighted by Crippen LogP contribution is -2.37. The summed E-state index contributed by atoms with van der Waals surface area (Å²) in [6, 6.07) is 4.14. The Morgan fingerprint density at radius 1 is 1.08 bits per heavy atom. The highest BCUT2D eigenvalue weighted by Crippen LogP contribution is 2.18. The zero-order valence-electron chi connectivity index (χ0n) is 14.0. The summed E-state index contributed by atoms with van der Waals surface area (Å²) in [7, 11) is -4.69. The van der Waals surface area contributed by atoms with Gasteiger partial charge in [-0.15, -0.1) is 0 Å². The minimum absolute atomic E-state index is 0.102. The fraction of sp³-hybridized carbons (Fsp3) is 0.467. The first-order valence-electron chi connectivity index (χ1n) is 7.30. The lowest BCUT2D eigenvalue weighted by molar-refractivity contribution is 0.0526. The topological polar surface area (TPSA) is 102 Å². The Hall–Kier alpha value is -2.23. The predicted octanol–water partition coefficient (Wildman–Crippen LogP) is 1.94. The van der Waals surface area contributed by atoms with Gasteiger partial charge in [0.15, 0.2) is 0 Å². The number of ether oxygens (including phenoxy) is 1. The fourth-order valence-electron chi connectivity index (χ4n) is 1.66. The Morgan fingerprint density at radius 3 is 2.08 bits per heavy atom. The van der Waals surface area contributed by atoms with Gasteiger partial charge in [-0.05, 0) is 45.0 Å². The largest absolute Gasteiger partial charge is 0.444 e. The van der Waals surface area contributed by atoms with Crippen molar-refractivity contribution in [3.05, 3.63) is 29.8 Å². The van der Waals surface area contributed by atoms with Gasteiger partial charge in [0.05, 0.1) is 4.90 Å². The van der Waals surface area contributed by atoms with E-state index in [1.807, 2.05) is 0 Å². The fourth-order valence-corrected chi connectivity index (χ4v) is 2.38. The summed E-state index contributed by atoms with van der Waals surface area (Å²) in [5.41, 5.74) is -0.529. The number of amides is 2. The second kappa shape index (κ2) is 8.24. The third-order valence-electron chi connectivity index (χ3n) is 2.76. The Kier molecular flexibility index (Phi) is 6.86. The van der Waals surface area contributed by atoms with Crippen molar-refractivity contribution in [2.24, 2.45) is 0 Å². The Balaban J connectivity index is 2.50. The van der Waals surface area contributed by atoms with Crippen molar-refractivity contribution < 1.29 is 31.5 Å². The first-order chi connectivity index (χ1) is 11.4. The van der Waals surface area contributed by atoms with E-state index in [2.05, 4.69) is 10.6 Å². The molecule has 0 aromatic heterocycles. The number of hydrogen-bond donors (Lipinski definition) is 2. The number of alkyl halides is 2. The SMILES string of the molecule is CC(C)(C)OC(=O)NCCNC(=O)c1ccc(S(=O)(=O)C(F)F)cc1. The second-order valence-electron chi connectivity index (χ2n) is 6.01. The Morgan fingerprint density at radius 2 is 1.60 bits per heavy atom. The van der Waals surface area contributed by atoms with Crippen molar-refractivity contribution in [2.75, 3.05) is 13.1 Å². The van der Waals surface area contributed by atoms with Gasteiger partial charge in [-0.3, -0.25) is 4.79 Å². The number of halogens is 2. The van der Waals surface area contributed by atoms with Gasteiger partial charge in [0, 0.05) is 18.7 Å². The molecule has 0 radical (unpaired) electrons. The van der Waals surface area contributed by atoms with Gasteiger partial charge >= 0.3 is 11.9 Å². The molecule has 0 aliphatic carbocycles. The smallest absolute Gasteiger partial charge is 0.407 e. The highest BCUT2D eigenvalue weighted by Gasteiger charge is 2.26. The van der Waals surface area contributed by atoms with E-state index in [1.165, 1.54) is 0 Å². The molecule has 2 N–H and O–H groups in total. The molecule has 7 nitrogen and oxygen atoms in total. The summed E-state index contributed by atoms with van der Waals surface area (Å²) in [5.74, 6) is -4.06. The highest BCUT2D eigenvalue weighted by molar-refractivity contribution is 7.91. The van der Waals surface area contributed by atoms with E-state index in [1.54, 1.807) is 20.8 Å². The average Bonchev–Trinajstić information content (AvgIpc) is 2.49. The maximum absolute atomic E-state index is 12.4. The van der Waals surface area contributed by atoms with Crippen LogP contribution in [0.15, 0.2) is 29.2 Å². The molecule has 2 amide bonds. The molecule has 0 spiro atoms. The van der Waals surface area contributed by atoms with E-state index in [9.17, 15) is 26.8 Å². The van der Waals surface area contributed by atoms with E-state index in [4.69, 9.17) is 4.74 Å². The number of rotatable bonds is 6. The molecule has 0 saturated carbocycles. The number of nitrogens with one attached hydrogen (secondary N) is 2. The molecule has 0 heterocycles. The van der Waals surface area contributed by atoms with Crippen LogP contribution in [0.3, 0.4) is 0 Å². The van der Waals surface area contributed by atoms with E-state index in [0.717, 1.165) is 24.3 Å². The highest BCUT2D eigenvalue weighted by atomic mass is 32.2. The van der Waals surface area contributed by atoms with Crippen molar-refractivity contribution >= 4 is 21.8 Å². The Labute approximate surface area is 144 Å². The van der Waals surface area contributed by atoms with E-state index < -0.39 is 38.1 Å². The zero-order chi connectivity index (χ0) is 19.3. The third-order valence-corrected chi connectivity index (χ3v) is 4.16. The van der Waals surface area contributed by atoms with Crippen LogP contribution in [0.5, 0.6) is 0 Å². The monoisotopic (exact) mass is 378 g/mol. The molecule has 1 aromatic carbocycles. The summed E-state index contributed by atoms with van der Waals surface area (Å²) in [6.45, 7) is 5.37. The van der Waals surface area contributed by atoms with Crippen LogP contribution in [0.25, 0.3) is 0 Å². The molecule has 0 fully saturated rings. The van der Waals surface area contributed by atoms with Gasteiger partial charge in [-0.25, -0.2) is 13.2 Å². The van der Waals surface area contributed by atoms with Gasteiger partial charge < -0.3 is 15.4 Å². The summed E-state index contributed by atoms with van der Waals surface area (Å²) in [5, 5.41) is 4.94. The van der Waals surface area contributed by atoms with Crippen LogP contribution in [-0.2, 0) is 14.6 Å². The van der Waals surface area contributed by atoms with E-state index in [0.29, 0.717) is 0 Å². The summed E-state index contributed by atoms with van der Waals surface area (Å²) < 4.78 is 52.4. The second-order valence-corrected chi connectivity index (χ2v) is 7.93. The number of carbonyl (C=O) groups excluding carboxylic acids is 2. The molecule has 140 valence electrons. The maximum atomic E-state index is 12.4. The number of carbonyl (C=O) groups is 2. The molecule has 0 aliphatic rings. The molecule has 0 saturated heterocycles. The van der Waals surface area contributed by atoms with Crippen LogP contribution in [0.4, 0.5) is 13.6 Å². The van der Waals surface area contributed by atoms with Crippen molar-refractivity contribution in [3.8, 4) is 0 Å². The average molecular weight is 378 g/mol. The van der Waals surface area contributed by atoms with Crippen LogP contribution in [0.2, 0.25) is 0 Å². The van der Waals surface area contributed by atoms with Gasteiger partial charge in [0.25, 0.3) is 5.91 Å². The van der Waals surface area contributed by atoms with Crippen molar-refractivity contribution in [1.29, 1.82) is 0 Å². The standard InChI is InChI=1S/C15H20F2N2O5S/c1-15(2,3)24-14(21)19-9-8-18-12(20)10-4-6-11(7-5-10)25(22,23)13(16)17/h4-7,13H,8-9H2,1-3H3,(H,18,20)(H,19,21). The van der Waals surface area contributed by atoms with Crippen molar-refractivity contribution in [2.45, 2.75) is 37.0 Å². The quantitative estimate of drug-likeness (QED) is 0.737. The molecular formula is C15H20F2N2O5S. The zero-order valence-corrected chi connectivity index (χ0v) is 14.8. The lowest BCUT2D eigenvalue weighted by Gasteiger charge is -2.19. The molecular weight excluding hydrogens is 358 g/mol. The molecule has 0 atom stereocenters. The minimum Gasteiger partial charge on any atom is -0.444 e. The summed E-state index contributed by atoms with van der Waals surface area (Å²) in [6.07, 6.45) is -0.622. The van der Waals surface area contributed by atoms with Gasteiger partial charge in [0.1, 0.15) is 5.60 Å². The third kappa shape index (κ3) is 6.65. The van der Waals surface area contributed by atoms with Gasteiger partial charge in [-0.1, -0.05) is 0 Å². The normalized spacial score (nSPS) is 11.9. The molecule has 25 heavy (non-hydrogen) atoms. The van der Waals surface area contributed by atoms with E-state index >= 15 is 0 Å². The van der Waals surface area contributed by atoms with Gasteiger partial charge in [-0.2, -0.15) is 8.78 Å². The number of sulfone groups is 1. The number of alkyl carbamates (subject to hydrolysis) is 1. The van der Waals surface area contributed by atoms with Crippen molar-refractivity contribution in [1.82, 2.24) is 10.6 Å². The summed E-state index contributed by atoms with van der Waals surface area (Å²) in [4.78, 5) is 22.7. The van der Waals surface area contributed by atoms with Crippen molar-refractivity contribution in [3.63, 3.8) is 0 Å². The summed E-state index contributed by atoms with van der Waals surface area (Å²) >= 11 is 0. The molecule has 1 rings (SSSR count). The predicted molar refractivity (Wildman–Crippen MR) is 86.2 cm³/mol. The molecule has 0 aliphatic heterocycles. The number of benzene rings is 1. The van der Waals surface area contributed by atoms with Gasteiger partial charge in [0.2, 0.25) is 9.84 Å². The van der Waals surface area contributed by atoms with Crippen LogP contribution >= 0.6 is 0 Å². The first-order valence-corrected chi connectivity index (χ1v) is 8.85. The van der Waals surface area contributed by atoms with Crippen LogP contribution in [0.1, 0.15) is 31.1 Å². The maximum Gasteiger partial charge on any atom is 0.407 e. The van der Waals surface area contributed by atoms with Crippen LogP contribution in [-0.4, -0.2) is 44.9 Å². The Bertz CT molecular complexity index is 712. The minimum atomic E-state index is -4.69. The molecule has 0 bridgehead atoms.